The highest BCUT2D eigenvalue weighted by molar-refractivity contribution is 7.89. The zero-order valence-corrected chi connectivity index (χ0v) is 19.9. The number of thiazole rings is 1. The zero-order chi connectivity index (χ0) is 23.7. The van der Waals surface area contributed by atoms with E-state index < -0.39 is 10.0 Å². The molecular weight excluding hydrogens is 470 g/mol. The van der Waals surface area contributed by atoms with Crippen LogP contribution in [0.5, 0.6) is 5.75 Å². The van der Waals surface area contributed by atoms with Crippen LogP contribution in [0.4, 0.5) is 5.69 Å². The van der Waals surface area contributed by atoms with E-state index in [2.05, 4.69) is 10.3 Å². The van der Waals surface area contributed by atoms with E-state index >= 15 is 0 Å². The summed E-state index contributed by atoms with van der Waals surface area (Å²) in [6.07, 6.45) is 2.78. The van der Waals surface area contributed by atoms with Gasteiger partial charge < -0.3 is 10.4 Å². The molecule has 0 radical (unpaired) electrons. The fraction of sp³-hybridized carbons (Fsp3) is 0.200. The number of hydrogen-bond donors (Lipinski definition) is 2. The van der Waals surface area contributed by atoms with Gasteiger partial charge in [0.15, 0.2) is 0 Å². The predicted molar refractivity (Wildman–Crippen MR) is 134 cm³/mol. The number of anilines is 1. The van der Waals surface area contributed by atoms with Crippen molar-refractivity contribution in [3.8, 4) is 16.3 Å². The van der Waals surface area contributed by atoms with E-state index in [-0.39, 0.29) is 16.6 Å². The standard InChI is InChI=1S/C25H23N3O4S2/c29-22-13-10-18(16-20(22)25-27-21-6-2-3-7-23(21)33-25)26-24(30)17-8-11-19(12-9-17)34(31,32)28-14-4-1-5-15-28/h2-3,6-13,16,29H,1,4-5,14-15H2,(H,26,30). The molecule has 9 heteroatoms. The summed E-state index contributed by atoms with van der Waals surface area (Å²) in [6.45, 7) is 1.06. The minimum absolute atomic E-state index is 0.0735. The van der Waals surface area contributed by atoms with Gasteiger partial charge in [0.05, 0.1) is 20.7 Å². The molecule has 34 heavy (non-hydrogen) atoms. The maximum absolute atomic E-state index is 12.8. The Hall–Kier alpha value is -3.27. The Bertz CT molecular complexity index is 1420. The van der Waals surface area contributed by atoms with Crippen LogP contribution >= 0.6 is 11.3 Å². The summed E-state index contributed by atoms with van der Waals surface area (Å²) < 4.78 is 28.2. The number of carbonyl (C=O) groups is 1. The molecule has 1 aromatic heterocycles. The molecule has 4 aromatic rings. The number of benzene rings is 3. The van der Waals surface area contributed by atoms with E-state index in [0.29, 0.717) is 34.9 Å². The molecule has 0 unspecified atom stereocenters. The molecule has 2 N–H and O–H groups in total. The number of hydrogen-bond acceptors (Lipinski definition) is 6. The van der Waals surface area contributed by atoms with Gasteiger partial charge in [0.2, 0.25) is 10.0 Å². The molecule has 7 nitrogen and oxygen atoms in total. The first kappa shape index (κ1) is 22.5. The van der Waals surface area contributed by atoms with Crippen LogP contribution in [0, 0.1) is 0 Å². The van der Waals surface area contributed by atoms with Gasteiger partial charge in [-0.25, -0.2) is 13.4 Å². The quantitative estimate of drug-likeness (QED) is 0.377. The number of phenols is 1. The SMILES string of the molecule is O=C(Nc1ccc(O)c(-c2nc3ccccc3s2)c1)c1ccc(S(=O)(=O)N2CCCCC2)cc1. The Balaban J connectivity index is 1.35. The third kappa shape index (κ3) is 4.42. The van der Waals surface area contributed by atoms with Crippen LogP contribution in [0.15, 0.2) is 71.6 Å². The molecule has 1 aliphatic rings. The first-order valence-corrected chi connectivity index (χ1v) is 13.3. The van der Waals surface area contributed by atoms with Gasteiger partial charge in [-0.1, -0.05) is 18.6 Å². The smallest absolute Gasteiger partial charge is 0.255 e. The topological polar surface area (TPSA) is 99.6 Å². The molecule has 1 saturated heterocycles. The second-order valence-corrected chi connectivity index (χ2v) is 11.1. The van der Waals surface area contributed by atoms with Crippen molar-refractivity contribution in [3.63, 3.8) is 0 Å². The first-order chi connectivity index (χ1) is 16.4. The number of amides is 1. The van der Waals surface area contributed by atoms with Crippen molar-refractivity contribution < 1.29 is 18.3 Å². The average molecular weight is 494 g/mol. The van der Waals surface area contributed by atoms with Gasteiger partial charge in [-0.3, -0.25) is 4.79 Å². The molecule has 1 amide bonds. The Morgan fingerprint density at radius 3 is 2.44 bits per heavy atom. The molecule has 0 atom stereocenters. The fourth-order valence-corrected chi connectivity index (χ4v) is 6.52. The van der Waals surface area contributed by atoms with Gasteiger partial charge >= 0.3 is 0 Å². The number of aromatic hydroxyl groups is 1. The summed E-state index contributed by atoms with van der Waals surface area (Å²) in [5.74, 6) is -0.299. The van der Waals surface area contributed by atoms with Crippen molar-refractivity contribution in [2.24, 2.45) is 0 Å². The van der Waals surface area contributed by atoms with Gasteiger partial charge in [-0.05, 0) is 67.4 Å². The van der Waals surface area contributed by atoms with Gasteiger partial charge in [-0.15, -0.1) is 11.3 Å². The van der Waals surface area contributed by atoms with Crippen LogP contribution in [0.25, 0.3) is 20.8 Å². The molecule has 2 heterocycles. The van der Waals surface area contributed by atoms with Crippen LogP contribution in [-0.2, 0) is 10.0 Å². The van der Waals surface area contributed by atoms with Crippen molar-refractivity contribution in [2.45, 2.75) is 24.2 Å². The van der Waals surface area contributed by atoms with Gasteiger partial charge in [-0.2, -0.15) is 4.31 Å². The number of nitrogens with zero attached hydrogens (tertiary/aromatic N) is 2. The first-order valence-electron chi connectivity index (χ1n) is 11.0. The number of sulfonamides is 1. The number of piperidine rings is 1. The fourth-order valence-electron chi connectivity index (χ4n) is 4.01. The van der Waals surface area contributed by atoms with E-state index in [1.165, 1.54) is 46.0 Å². The van der Waals surface area contributed by atoms with Gasteiger partial charge in [0.25, 0.3) is 5.91 Å². The molecule has 3 aromatic carbocycles. The Morgan fingerprint density at radius 2 is 1.71 bits per heavy atom. The predicted octanol–water partition coefficient (Wildman–Crippen LogP) is 5.10. The summed E-state index contributed by atoms with van der Waals surface area (Å²) in [7, 11) is -3.55. The van der Waals surface area contributed by atoms with Crippen molar-refractivity contribution >= 4 is 43.2 Å². The van der Waals surface area contributed by atoms with Crippen LogP contribution in [0.3, 0.4) is 0 Å². The van der Waals surface area contributed by atoms with E-state index in [1.54, 1.807) is 12.1 Å². The van der Waals surface area contributed by atoms with Crippen molar-refractivity contribution in [1.82, 2.24) is 9.29 Å². The monoisotopic (exact) mass is 493 g/mol. The summed E-state index contributed by atoms with van der Waals surface area (Å²) in [5.41, 5.74) is 2.21. The Labute approximate surface area is 201 Å². The lowest BCUT2D eigenvalue weighted by atomic mass is 10.1. The molecule has 174 valence electrons. The molecule has 1 fully saturated rings. The summed E-state index contributed by atoms with van der Waals surface area (Å²) in [5, 5.41) is 13.8. The number of carbonyl (C=O) groups excluding carboxylic acids is 1. The number of nitrogens with one attached hydrogen (secondary N) is 1. The second kappa shape index (κ2) is 9.17. The summed E-state index contributed by atoms with van der Waals surface area (Å²) in [6, 6.07) is 18.5. The lowest BCUT2D eigenvalue weighted by molar-refractivity contribution is 0.102. The lowest BCUT2D eigenvalue weighted by Crippen LogP contribution is -2.35. The van der Waals surface area contributed by atoms with Crippen LogP contribution in [0.1, 0.15) is 29.6 Å². The van der Waals surface area contributed by atoms with E-state index in [1.807, 2.05) is 24.3 Å². The minimum Gasteiger partial charge on any atom is -0.507 e. The highest BCUT2D eigenvalue weighted by atomic mass is 32.2. The summed E-state index contributed by atoms with van der Waals surface area (Å²) >= 11 is 1.46. The lowest BCUT2D eigenvalue weighted by Gasteiger charge is -2.25. The highest BCUT2D eigenvalue weighted by Gasteiger charge is 2.26. The Morgan fingerprint density at radius 1 is 0.971 bits per heavy atom. The van der Waals surface area contributed by atoms with Crippen molar-refractivity contribution in [2.75, 3.05) is 18.4 Å². The number of phenolic OH excluding ortho intramolecular Hbond substituents is 1. The molecule has 0 bridgehead atoms. The third-order valence-electron chi connectivity index (χ3n) is 5.85. The van der Waals surface area contributed by atoms with Gasteiger partial charge in [0.1, 0.15) is 10.8 Å². The van der Waals surface area contributed by atoms with E-state index in [0.717, 1.165) is 29.5 Å². The van der Waals surface area contributed by atoms with Crippen LogP contribution in [-0.4, -0.2) is 41.8 Å². The molecular formula is C25H23N3O4S2. The highest BCUT2D eigenvalue weighted by Crippen LogP contribution is 2.36. The minimum atomic E-state index is -3.55. The Kier molecular flexibility index (Phi) is 6.07. The molecule has 0 saturated carbocycles. The normalized spacial score (nSPS) is 14.8. The molecule has 1 aliphatic heterocycles. The maximum atomic E-state index is 12.8. The molecule has 0 spiro atoms. The third-order valence-corrected chi connectivity index (χ3v) is 8.83. The number of aromatic nitrogens is 1. The second-order valence-electron chi connectivity index (χ2n) is 8.16. The van der Waals surface area contributed by atoms with Crippen molar-refractivity contribution in [3.05, 3.63) is 72.3 Å². The van der Waals surface area contributed by atoms with E-state index in [4.69, 9.17) is 0 Å². The van der Waals surface area contributed by atoms with Crippen LogP contribution in [0.2, 0.25) is 0 Å². The number of para-hydroxylation sites is 1. The zero-order valence-electron chi connectivity index (χ0n) is 18.3. The molecule has 5 rings (SSSR count). The maximum Gasteiger partial charge on any atom is 0.255 e. The average Bonchev–Trinajstić information content (AvgIpc) is 3.30. The number of fused-ring (bicyclic) bond motifs is 1. The van der Waals surface area contributed by atoms with Crippen LogP contribution < -0.4 is 5.32 Å². The number of rotatable bonds is 5. The molecule has 0 aliphatic carbocycles. The van der Waals surface area contributed by atoms with Crippen molar-refractivity contribution in [1.29, 1.82) is 0 Å². The van der Waals surface area contributed by atoms with Gasteiger partial charge in [0, 0.05) is 24.3 Å². The van der Waals surface area contributed by atoms with E-state index in [9.17, 15) is 18.3 Å². The largest absolute Gasteiger partial charge is 0.507 e. The summed E-state index contributed by atoms with van der Waals surface area (Å²) in [4.78, 5) is 17.6.